The number of hydrogen-bond acceptors (Lipinski definition) is 8. The van der Waals surface area contributed by atoms with Gasteiger partial charge in [-0.2, -0.15) is 5.10 Å². The van der Waals surface area contributed by atoms with Crippen molar-refractivity contribution in [2.45, 2.75) is 31.8 Å². The van der Waals surface area contributed by atoms with Gasteiger partial charge in [-0.15, -0.1) is 0 Å². The number of anilines is 1. The van der Waals surface area contributed by atoms with Gasteiger partial charge in [0, 0.05) is 34.9 Å². The van der Waals surface area contributed by atoms with E-state index in [9.17, 15) is 4.79 Å². The van der Waals surface area contributed by atoms with E-state index in [1.165, 1.54) is 18.3 Å². The van der Waals surface area contributed by atoms with Crippen LogP contribution in [0, 0.1) is 0 Å². The van der Waals surface area contributed by atoms with E-state index in [-0.39, 0.29) is 0 Å². The number of fused-ring (bicyclic) bond motifs is 2. The molecular weight excluding hydrogens is 514 g/mol. The fourth-order valence-electron chi connectivity index (χ4n) is 6.12. The van der Waals surface area contributed by atoms with Crippen molar-refractivity contribution in [3.05, 3.63) is 101 Å². The largest absolute Gasteiger partial charge is 0.424 e. The lowest BCUT2D eigenvalue weighted by molar-refractivity contribution is 0.317. The van der Waals surface area contributed by atoms with Crippen LogP contribution in [0.3, 0.4) is 0 Å². The smallest absolute Gasteiger partial charge is 0.343 e. The first-order valence-corrected chi connectivity index (χ1v) is 13.8. The minimum atomic E-state index is -0.498. The molecule has 41 heavy (non-hydrogen) atoms. The first kappa shape index (κ1) is 25.1. The third-order valence-electron chi connectivity index (χ3n) is 8.15. The number of likely N-dealkylation sites (tertiary alicyclic amines) is 1. The summed E-state index contributed by atoms with van der Waals surface area (Å²) in [6, 6.07) is 19.8. The van der Waals surface area contributed by atoms with Crippen molar-refractivity contribution in [1.82, 2.24) is 29.6 Å². The Kier molecular flexibility index (Phi) is 6.09. The van der Waals surface area contributed by atoms with E-state index >= 15 is 0 Å². The maximum atomic E-state index is 13.3. The second-order valence-corrected chi connectivity index (χ2v) is 10.6. The van der Waals surface area contributed by atoms with Crippen LogP contribution < -0.4 is 11.4 Å². The molecule has 1 aliphatic heterocycles. The molecule has 0 spiro atoms. The fraction of sp³-hybridized carbons (Fsp3) is 0.219. The number of nitrogen functional groups attached to an aromatic ring is 1. The zero-order chi connectivity index (χ0) is 28.1. The summed E-state index contributed by atoms with van der Waals surface area (Å²) < 4.78 is 7.92. The highest BCUT2D eigenvalue weighted by Gasteiger charge is 2.28. The number of hydrogen-bond donors (Lipinski definition) is 1. The molecule has 204 valence electrons. The van der Waals surface area contributed by atoms with Gasteiger partial charge < -0.3 is 10.2 Å². The molecule has 0 radical (unpaired) electrons. The van der Waals surface area contributed by atoms with E-state index in [2.05, 4.69) is 51.2 Å². The number of pyridine rings is 1. The van der Waals surface area contributed by atoms with Crippen molar-refractivity contribution in [3.63, 3.8) is 0 Å². The normalized spacial score (nSPS) is 16.5. The van der Waals surface area contributed by atoms with Crippen LogP contribution in [-0.2, 0) is 0 Å². The number of nitrogens with two attached hydrogens (primary N) is 1. The van der Waals surface area contributed by atoms with Gasteiger partial charge in [0.15, 0.2) is 5.65 Å². The summed E-state index contributed by atoms with van der Waals surface area (Å²) in [7, 11) is 2.17. The van der Waals surface area contributed by atoms with E-state index in [1.54, 1.807) is 17.1 Å². The lowest BCUT2D eigenvalue weighted by atomic mass is 9.93. The Bertz CT molecular complexity index is 1960. The molecule has 2 atom stereocenters. The Morgan fingerprint density at radius 3 is 2.63 bits per heavy atom. The third kappa shape index (κ3) is 4.17. The van der Waals surface area contributed by atoms with E-state index in [0.717, 1.165) is 35.0 Å². The van der Waals surface area contributed by atoms with Gasteiger partial charge in [-0.25, -0.2) is 19.4 Å². The average molecular weight is 544 g/mol. The molecule has 0 bridgehead atoms. The SMILES string of the molecule is CC(c1oc(=O)c2ccccc2c1-c1cccc(C2CCCN2C)c1)n1nc(-c2cccnc2)c2c(N)ncnc21. The second kappa shape index (κ2) is 9.94. The van der Waals surface area contributed by atoms with Gasteiger partial charge in [0.05, 0.1) is 10.8 Å². The van der Waals surface area contributed by atoms with Gasteiger partial charge >= 0.3 is 5.63 Å². The van der Waals surface area contributed by atoms with E-state index in [4.69, 9.17) is 15.2 Å². The predicted molar refractivity (Wildman–Crippen MR) is 159 cm³/mol. The van der Waals surface area contributed by atoms with E-state index < -0.39 is 11.7 Å². The molecule has 2 aromatic carbocycles. The Balaban J connectivity index is 1.47. The predicted octanol–water partition coefficient (Wildman–Crippen LogP) is 5.62. The molecule has 6 aromatic rings. The summed E-state index contributed by atoms with van der Waals surface area (Å²) >= 11 is 0. The van der Waals surface area contributed by atoms with Crippen LogP contribution in [0.4, 0.5) is 5.82 Å². The first-order chi connectivity index (χ1) is 20.0. The highest BCUT2D eigenvalue weighted by Crippen LogP contribution is 2.40. The van der Waals surface area contributed by atoms with Crippen LogP contribution in [-0.4, -0.2) is 43.2 Å². The van der Waals surface area contributed by atoms with E-state index in [0.29, 0.717) is 39.7 Å². The molecule has 1 fully saturated rings. The van der Waals surface area contributed by atoms with Gasteiger partial charge in [-0.1, -0.05) is 36.4 Å². The topological polar surface area (TPSA) is 116 Å². The third-order valence-corrected chi connectivity index (χ3v) is 8.15. The Hall–Kier alpha value is -4.89. The highest BCUT2D eigenvalue weighted by atomic mass is 16.4. The summed E-state index contributed by atoms with van der Waals surface area (Å²) in [5, 5.41) is 6.96. The van der Waals surface area contributed by atoms with Gasteiger partial charge in [0.2, 0.25) is 0 Å². The van der Waals surface area contributed by atoms with Crippen molar-refractivity contribution in [1.29, 1.82) is 0 Å². The Labute approximate surface area is 236 Å². The van der Waals surface area contributed by atoms with Gasteiger partial charge in [0.1, 0.15) is 29.6 Å². The second-order valence-electron chi connectivity index (χ2n) is 10.6. The molecule has 9 heteroatoms. The zero-order valence-electron chi connectivity index (χ0n) is 22.9. The van der Waals surface area contributed by atoms with Crippen LogP contribution in [0.15, 0.2) is 88.6 Å². The molecule has 0 amide bonds. The minimum Gasteiger partial charge on any atom is -0.424 e. The van der Waals surface area contributed by atoms with Gasteiger partial charge in [0.25, 0.3) is 0 Å². The number of aromatic nitrogens is 5. The molecule has 0 aliphatic carbocycles. The highest BCUT2D eigenvalue weighted by molar-refractivity contribution is 5.99. The van der Waals surface area contributed by atoms with Crippen molar-refractivity contribution in [3.8, 4) is 22.4 Å². The average Bonchev–Trinajstić information content (AvgIpc) is 3.62. The lowest BCUT2D eigenvalue weighted by Crippen LogP contribution is -2.17. The quantitative estimate of drug-likeness (QED) is 0.298. The molecule has 7 rings (SSSR count). The maximum absolute atomic E-state index is 13.3. The van der Waals surface area contributed by atoms with Crippen LogP contribution >= 0.6 is 0 Å². The summed E-state index contributed by atoms with van der Waals surface area (Å²) in [6.45, 7) is 3.04. The summed E-state index contributed by atoms with van der Waals surface area (Å²) in [5.41, 5.74) is 11.0. The molecule has 2 N–H and O–H groups in total. The number of benzene rings is 2. The monoisotopic (exact) mass is 543 g/mol. The van der Waals surface area contributed by atoms with Crippen LogP contribution in [0.1, 0.15) is 43.2 Å². The zero-order valence-corrected chi connectivity index (χ0v) is 22.9. The molecule has 1 saturated heterocycles. The van der Waals surface area contributed by atoms with Gasteiger partial charge in [-0.05, 0) is 68.8 Å². The summed E-state index contributed by atoms with van der Waals surface area (Å²) in [6.07, 6.45) is 7.16. The maximum Gasteiger partial charge on any atom is 0.343 e. The molecule has 5 heterocycles. The van der Waals surface area contributed by atoms with E-state index in [1.807, 2.05) is 43.3 Å². The molecule has 9 nitrogen and oxygen atoms in total. The molecule has 0 saturated carbocycles. The standard InChI is InChI=1S/C32H29N7O2/c1-19(39-31-27(30(33)35-18-36-31)28(37-39)22-10-6-14-34-17-22)29-26(23-11-3-4-12-24(23)32(40)41-29)21-9-5-8-20(16-21)25-13-7-15-38(25)2/h3-6,8-12,14,16-19,25H,7,13,15H2,1-2H3,(H2,33,35,36). The van der Waals surface area contributed by atoms with Crippen molar-refractivity contribution in [2.24, 2.45) is 0 Å². The van der Waals surface area contributed by atoms with Crippen molar-refractivity contribution in [2.75, 3.05) is 19.3 Å². The van der Waals surface area contributed by atoms with Crippen LogP contribution in [0.2, 0.25) is 0 Å². The molecule has 1 aliphatic rings. The molecular formula is C32H29N7O2. The van der Waals surface area contributed by atoms with Crippen molar-refractivity contribution < 1.29 is 4.42 Å². The Morgan fingerprint density at radius 2 is 1.85 bits per heavy atom. The summed E-state index contributed by atoms with van der Waals surface area (Å²) in [4.78, 5) is 28.8. The lowest BCUT2D eigenvalue weighted by Gasteiger charge is -2.22. The van der Waals surface area contributed by atoms with Crippen LogP contribution in [0.25, 0.3) is 44.2 Å². The fourth-order valence-corrected chi connectivity index (χ4v) is 6.12. The number of nitrogens with zero attached hydrogens (tertiary/aromatic N) is 6. The van der Waals surface area contributed by atoms with Crippen LogP contribution in [0.5, 0.6) is 0 Å². The van der Waals surface area contributed by atoms with Crippen molar-refractivity contribution >= 4 is 27.6 Å². The number of rotatable bonds is 5. The minimum absolute atomic E-state index is 0.320. The first-order valence-electron chi connectivity index (χ1n) is 13.8. The van der Waals surface area contributed by atoms with Gasteiger partial charge in [-0.3, -0.25) is 9.88 Å². The molecule has 4 aromatic heterocycles. The summed E-state index contributed by atoms with van der Waals surface area (Å²) in [5.74, 6) is 0.825. The Morgan fingerprint density at radius 1 is 1.02 bits per heavy atom. The molecule has 2 unspecified atom stereocenters.